The number of nitrogens with zero attached hydrogens (tertiary/aromatic N) is 1. The van der Waals surface area contributed by atoms with Crippen molar-refractivity contribution >= 4 is 27.6 Å². The number of nitrogens with one attached hydrogen (secondary N) is 1. The molecule has 2 heterocycles. The van der Waals surface area contributed by atoms with Crippen LogP contribution < -0.4 is 5.32 Å². The van der Waals surface area contributed by atoms with Crippen molar-refractivity contribution in [2.75, 3.05) is 38.2 Å². The third-order valence-corrected chi connectivity index (χ3v) is 22.0. The fraction of sp³-hybridized carbons (Fsp3) is 0.844. The Hall–Kier alpha value is -1.09. The van der Waals surface area contributed by atoms with Gasteiger partial charge in [-0.25, -0.2) is 13.2 Å². The topological polar surface area (TPSA) is 75.7 Å². The monoisotopic (exact) mass is 766 g/mol. The number of fused-ring (bicyclic) bond motifs is 9. The summed E-state index contributed by atoms with van der Waals surface area (Å²) in [5.41, 5.74) is 2.28. The number of rotatable bonds is 9. The van der Waals surface area contributed by atoms with Crippen LogP contribution in [0.25, 0.3) is 0 Å². The molecule has 0 radical (unpaired) electrons. The van der Waals surface area contributed by atoms with Crippen LogP contribution in [0.5, 0.6) is 0 Å². The predicted octanol–water partition coefficient (Wildman–Crippen LogP) is 9.13. The van der Waals surface area contributed by atoms with Gasteiger partial charge in [-0.15, -0.1) is 11.8 Å². The van der Waals surface area contributed by atoms with Gasteiger partial charge < -0.3 is 10.1 Å². The van der Waals surface area contributed by atoms with Crippen LogP contribution in [0.3, 0.4) is 0 Å². The first-order valence-corrected chi connectivity index (χ1v) is 24.2. The van der Waals surface area contributed by atoms with E-state index >= 15 is 0 Å². The minimum Gasteiger partial charge on any atom is -0.465 e. The zero-order chi connectivity index (χ0) is 37.8. The molecule has 2 saturated heterocycles. The van der Waals surface area contributed by atoms with Gasteiger partial charge in [-0.05, 0) is 158 Å². The maximum atomic E-state index is 12.4. The highest BCUT2D eigenvalue weighted by Gasteiger charge is 2.71. The number of sulfone groups is 1. The lowest BCUT2D eigenvalue weighted by molar-refractivity contribution is -0.238. The molecule has 2 aliphatic heterocycles. The number of benzene rings is 1. The largest absolute Gasteiger partial charge is 0.465 e. The number of ether oxygens (including phenoxy) is 1. The van der Waals surface area contributed by atoms with Gasteiger partial charge in [0.05, 0.1) is 23.7 Å². The van der Waals surface area contributed by atoms with Gasteiger partial charge in [0.2, 0.25) is 0 Å². The molecule has 296 valence electrons. The second-order valence-electron chi connectivity index (χ2n) is 20.9. The van der Waals surface area contributed by atoms with Crippen LogP contribution in [0, 0.1) is 63.1 Å². The Morgan fingerprint density at radius 2 is 1.68 bits per heavy atom. The predicted molar refractivity (Wildman–Crippen MR) is 217 cm³/mol. The van der Waals surface area contributed by atoms with Gasteiger partial charge in [0, 0.05) is 41.9 Å². The van der Waals surface area contributed by atoms with Crippen LogP contribution in [0.2, 0.25) is 0 Å². The smallest absolute Gasteiger partial charge is 0.337 e. The van der Waals surface area contributed by atoms with Crippen LogP contribution in [0.15, 0.2) is 29.2 Å². The number of hydrogen-bond acceptors (Lipinski definition) is 7. The van der Waals surface area contributed by atoms with Crippen molar-refractivity contribution in [3.8, 4) is 0 Å². The van der Waals surface area contributed by atoms with E-state index in [-0.39, 0.29) is 22.8 Å². The highest BCUT2D eigenvalue weighted by molar-refractivity contribution is 7.99. The van der Waals surface area contributed by atoms with Gasteiger partial charge in [-0.3, -0.25) is 4.90 Å². The molecular weight excluding hydrogens is 697 g/mol. The maximum Gasteiger partial charge on any atom is 0.337 e. The lowest BCUT2D eigenvalue weighted by Gasteiger charge is -2.73. The quantitative estimate of drug-likeness (QED) is 0.199. The molecule has 6 nitrogen and oxygen atoms in total. The minimum atomic E-state index is -2.85. The molecule has 0 spiro atoms. The molecule has 7 fully saturated rings. The first kappa shape index (κ1) is 38.8. The van der Waals surface area contributed by atoms with Crippen molar-refractivity contribution in [1.29, 1.82) is 0 Å². The van der Waals surface area contributed by atoms with E-state index in [2.05, 4.69) is 70.8 Å². The zero-order valence-corrected chi connectivity index (χ0v) is 35.8. The summed E-state index contributed by atoms with van der Waals surface area (Å²) in [4.78, 5) is 15.7. The summed E-state index contributed by atoms with van der Waals surface area (Å²) in [6.07, 6.45) is 14.4. The molecular formula is C45H70N2O4S2. The molecule has 0 amide bonds. The van der Waals surface area contributed by atoms with E-state index in [1.165, 1.54) is 76.2 Å². The molecule has 53 heavy (non-hydrogen) atoms. The van der Waals surface area contributed by atoms with Crippen molar-refractivity contribution in [2.45, 2.75) is 141 Å². The van der Waals surface area contributed by atoms with E-state index in [4.69, 9.17) is 4.74 Å². The molecule has 12 atom stereocenters. The maximum absolute atomic E-state index is 12.4. The van der Waals surface area contributed by atoms with Gasteiger partial charge in [0.25, 0.3) is 0 Å². The normalized spacial score (nSPS) is 45.3. The molecule has 8 heteroatoms. The molecule has 1 aromatic carbocycles. The lowest BCUT2D eigenvalue weighted by Crippen LogP contribution is -2.68. The number of likely N-dealkylation sites (tertiary alicyclic amines) is 1. The van der Waals surface area contributed by atoms with E-state index in [1.54, 1.807) is 0 Å². The molecule has 1 aromatic rings. The third kappa shape index (κ3) is 5.96. The average molecular weight is 767 g/mol. The Balaban J connectivity index is 0.977. The van der Waals surface area contributed by atoms with E-state index in [0.717, 1.165) is 61.4 Å². The molecule has 7 aliphatic rings. The number of carbonyl (C=O) groups is 1. The van der Waals surface area contributed by atoms with Crippen molar-refractivity contribution in [3.63, 3.8) is 0 Å². The SMILES string of the molecule is COC(=O)c1ccc(SCC2CC[C@]3(C)[C@H]4CC[C@@H]5[C@H]6[C@H](C(C)C)CC[C@]6(NCCN6C[C@@H]7C[C@H]6CS7(=O)=O)CC[C@@]5(C)[C@]4(C)CC[C@H]3C2(C)C)cc1. The Bertz CT molecular complexity index is 1660. The number of thioether (sulfide) groups is 1. The van der Waals surface area contributed by atoms with Crippen molar-refractivity contribution in [3.05, 3.63) is 29.8 Å². The highest BCUT2D eigenvalue weighted by atomic mass is 32.2. The van der Waals surface area contributed by atoms with Gasteiger partial charge >= 0.3 is 5.97 Å². The van der Waals surface area contributed by atoms with Gasteiger partial charge in [-0.1, -0.05) is 48.5 Å². The van der Waals surface area contributed by atoms with E-state index < -0.39 is 9.84 Å². The van der Waals surface area contributed by atoms with Crippen molar-refractivity contribution in [1.82, 2.24) is 10.2 Å². The van der Waals surface area contributed by atoms with Gasteiger partial charge in [0.1, 0.15) is 0 Å². The van der Waals surface area contributed by atoms with Crippen LogP contribution in [-0.4, -0.2) is 74.4 Å². The first-order chi connectivity index (χ1) is 25.0. The van der Waals surface area contributed by atoms with E-state index in [1.807, 2.05) is 23.9 Å². The Kier molecular flexibility index (Phi) is 9.88. The van der Waals surface area contributed by atoms with Crippen LogP contribution in [-0.2, 0) is 14.6 Å². The fourth-order valence-corrected chi connectivity index (χ4v) is 19.0. The van der Waals surface area contributed by atoms with E-state index in [9.17, 15) is 13.2 Å². The van der Waals surface area contributed by atoms with Gasteiger partial charge in [-0.2, -0.15) is 0 Å². The summed E-state index contributed by atoms with van der Waals surface area (Å²) in [5, 5.41) is 4.20. The number of carbonyl (C=O) groups excluding carboxylic acids is 1. The number of esters is 1. The second-order valence-corrected chi connectivity index (χ2v) is 24.4. The molecule has 1 unspecified atom stereocenters. The molecule has 0 aromatic heterocycles. The zero-order valence-electron chi connectivity index (χ0n) is 34.2. The molecule has 2 bridgehead atoms. The second kappa shape index (κ2) is 13.5. The average Bonchev–Trinajstić information content (AvgIpc) is 3.78. The summed E-state index contributed by atoms with van der Waals surface area (Å²) in [6.45, 7) is 21.3. The minimum absolute atomic E-state index is 0.114. The first-order valence-electron chi connectivity index (χ1n) is 21.5. The van der Waals surface area contributed by atoms with E-state index in [0.29, 0.717) is 44.8 Å². The lowest BCUT2D eigenvalue weighted by atomic mass is 9.32. The van der Waals surface area contributed by atoms with Crippen molar-refractivity contribution in [2.24, 2.45) is 63.1 Å². The standard InChI is InChI=1S/C45H70N2O4S2/c1-29(2)35-16-20-45(46-23-24-47-26-34-25-32(47)28-53(34,49)50)22-21-43(6)36(39(35)45)13-14-38-42(5)18-15-31(41(3,4)37(42)17-19-44(38,43)7)27-52-33-11-9-30(10-12-33)40(48)51-8/h9-12,29,31-32,34-39,46H,13-28H2,1-8H3/t31?,32-,34-,35-,36+,37-,38+,39+,42-,43+,44+,45-/m0/s1. The molecule has 8 rings (SSSR count). The Morgan fingerprint density at radius 1 is 0.925 bits per heavy atom. The summed E-state index contributed by atoms with van der Waals surface area (Å²) in [6, 6.07) is 8.25. The fourth-order valence-electron chi connectivity index (χ4n) is 15.6. The number of hydrogen-bond donors (Lipinski definition) is 1. The molecule has 5 saturated carbocycles. The Morgan fingerprint density at radius 3 is 2.34 bits per heavy atom. The van der Waals surface area contributed by atoms with Gasteiger partial charge in [0.15, 0.2) is 9.84 Å². The Labute approximate surface area is 326 Å². The molecule has 5 aliphatic carbocycles. The summed E-state index contributed by atoms with van der Waals surface area (Å²) >= 11 is 1.97. The van der Waals surface area contributed by atoms with Crippen molar-refractivity contribution < 1.29 is 17.9 Å². The molecule has 1 N–H and O–H groups in total. The highest BCUT2D eigenvalue weighted by Crippen LogP contribution is 2.77. The third-order valence-electron chi connectivity index (χ3n) is 18.6. The number of methoxy groups -OCH3 is 1. The van der Waals surface area contributed by atoms with Crippen LogP contribution in [0.1, 0.15) is 129 Å². The summed E-state index contributed by atoms with van der Waals surface area (Å²) in [7, 11) is -1.40. The summed E-state index contributed by atoms with van der Waals surface area (Å²) in [5.74, 6) is 6.50. The summed E-state index contributed by atoms with van der Waals surface area (Å²) < 4.78 is 29.8. The van der Waals surface area contributed by atoms with Crippen LogP contribution in [0.4, 0.5) is 0 Å². The van der Waals surface area contributed by atoms with Crippen LogP contribution >= 0.6 is 11.8 Å².